The van der Waals surface area contributed by atoms with Crippen LogP contribution in [0.4, 0.5) is 10.7 Å². The summed E-state index contributed by atoms with van der Waals surface area (Å²) >= 11 is 1.20. The van der Waals surface area contributed by atoms with E-state index in [-0.39, 0.29) is 11.5 Å². The number of carbonyl (C=O) groups excluding carboxylic acids is 3. The lowest BCUT2D eigenvalue weighted by molar-refractivity contribution is -0.123. The summed E-state index contributed by atoms with van der Waals surface area (Å²) in [6.07, 6.45) is -1.08. The molecule has 0 aliphatic heterocycles. The third-order valence-electron chi connectivity index (χ3n) is 3.47. The molecule has 0 aliphatic carbocycles. The number of hydrogen-bond acceptors (Lipinski definition) is 6. The van der Waals surface area contributed by atoms with E-state index in [1.54, 1.807) is 30.5 Å². The van der Waals surface area contributed by atoms with E-state index in [1.807, 2.05) is 6.07 Å². The number of aryl methyl sites for hydroxylation is 1. The summed E-state index contributed by atoms with van der Waals surface area (Å²) in [5, 5.41) is 16.2. The maximum absolute atomic E-state index is 12.4. The molecule has 1 aromatic heterocycles. The number of nitriles is 1. The van der Waals surface area contributed by atoms with Crippen LogP contribution < -0.4 is 10.6 Å². The van der Waals surface area contributed by atoms with E-state index in [9.17, 15) is 14.4 Å². The minimum absolute atomic E-state index is 0.161. The van der Waals surface area contributed by atoms with E-state index in [0.717, 1.165) is 0 Å². The minimum Gasteiger partial charge on any atom is -0.449 e. The van der Waals surface area contributed by atoms with Crippen LogP contribution in [-0.4, -0.2) is 23.9 Å². The average Bonchev–Trinajstić information content (AvgIpc) is 3.03. The highest BCUT2D eigenvalue weighted by molar-refractivity contribution is 7.14. The molecule has 0 bridgehead atoms. The number of hydrogen-bond donors (Lipinski definition) is 2. The van der Waals surface area contributed by atoms with Crippen LogP contribution >= 0.6 is 11.3 Å². The molecule has 134 valence electrons. The van der Waals surface area contributed by atoms with E-state index in [4.69, 9.17) is 10.00 Å². The molecule has 0 fully saturated rings. The van der Waals surface area contributed by atoms with Crippen LogP contribution in [0.3, 0.4) is 0 Å². The zero-order chi connectivity index (χ0) is 19.3. The molecule has 8 heteroatoms. The number of para-hydroxylation sites is 1. The van der Waals surface area contributed by atoms with Gasteiger partial charge in [0.05, 0.1) is 16.8 Å². The van der Waals surface area contributed by atoms with Gasteiger partial charge in [-0.15, -0.1) is 11.3 Å². The van der Waals surface area contributed by atoms with Gasteiger partial charge in [0.2, 0.25) is 5.91 Å². The Bertz CT molecular complexity index is 898. The van der Waals surface area contributed by atoms with E-state index >= 15 is 0 Å². The Morgan fingerprint density at radius 2 is 1.96 bits per heavy atom. The Labute approximate surface area is 154 Å². The molecule has 1 atom stereocenters. The van der Waals surface area contributed by atoms with Crippen molar-refractivity contribution in [3.63, 3.8) is 0 Å². The van der Waals surface area contributed by atoms with Gasteiger partial charge < -0.3 is 15.4 Å². The topological polar surface area (TPSA) is 108 Å². The lowest BCUT2D eigenvalue weighted by Crippen LogP contribution is -2.30. The largest absolute Gasteiger partial charge is 0.449 e. The van der Waals surface area contributed by atoms with Gasteiger partial charge in [-0.3, -0.25) is 9.59 Å². The fourth-order valence-electron chi connectivity index (χ4n) is 2.17. The van der Waals surface area contributed by atoms with Crippen LogP contribution in [0.15, 0.2) is 29.6 Å². The molecular formula is C18H17N3O4S. The summed E-state index contributed by atoms with van der Waals surface area (Å²) in [4.78, 5) is 36.0. The number of rotatable bonds is 5. The summed E-state index contributed by atoms with van der Waals surface area (Å²) in [7, 11) is 0. The number of esters is 1. The minimum atomic E-state index is -1.08. The van der Waals surface area contributed by atoms with Crippen LogP contribution in [0.2, 0.25) is 0 Å². The summed E-state index contributed by atoms with van der Waals surface area (Å²) < 4.78 is 5.22. The molecule has 26 heavy (non-hydrogen) atoms. The van der Waals surface area contributed by atoms with Crippen LogP contribution in [0.1, 0.15) is 35.3 Å². The number of thiophene rings is 1. The van der Waals surface area contributed by atoms with Crippen LogP contribution in [0, 0.1) is 18.3 Å². The highest BCUT2D eigenvalue weighted by Gasteiger charge is 2.23. The van der Waals surface area contributed by atoms with Gasteiger partial charge in [0.25, 0.3) is 5.91 Å². The summed E-state index contributed by atoms with van der Waals surface area (Å²) in [5.74, 6) is -1.60. The average molecular weight is 371 g/mol. The molecule has 2 aromatic rings. The Balaban J connectivity index is 2.12. The maximum Gasteiger partial charge on any atom is 0.341 e. The standard InChI is InChI=1S/C18H17N3O4S/c1-10-5-4-6-14(15(10)20-12(3)22)18(24)25-11(2)16(23)21-17-13(9-19)7-8-26-17/h4-8,11H,1-3H3,(H,20,22)(H,21,23). The first kappa shape index (κ1) is 19.1. The highest BCUT2D eigenvalue weighted by atomic mass is 32.1. The lowest BCUT2D eigenvalue weighted by Gasteiger charge is -2.16. The van der Waals surface area contributed by atoms with Crippen molar-refractivity contribution in [2.24, 2.45) is 0 Å². The molecule has 1 unspecified atom stereocenters. The van der Waals surface area contributed by atoms with Gasteiger partial charge in [-0.05, 0) is 36.9 Å². The van der Waals surface area contributed by atoms with Crippen LogP contribution in [0.25, 0.3) is 0 Å². The summed E-state index contributed by atoms with van der Waals surface area (Å²) in [6, 6.07) is 8.47. The summed E-state index contributed by atoms with van der Waals surface area (Å²) in [6.45, 7) is 4.52. The SMILES string of the molecule is CC(=O)Nc1c(C)cccc1C(=O)OC(C)C(=O)Nc1sccc1C#N. The molecule has 2 N–H and O–H groups in total. The predicted octanol–water partition coefficient (Wildman–Crippen LogP) is 3.07. The molecule has 2 rings (SSSR count). The van der Waals surface area contributed by atoms with Gasteiger partial charge in [0.15, 0.2) is 6.10 Å². The van der Waals surface area contributed by atoms with Gasteiger partial charge in [0.1, 0.15) is 11.1 Å². The van der Waals surface area contributed by atoms with Gasteiger partial charge in [-0.25, -0.2) is 4.79 Å². The van der Waals surface area contributed by atoms with E-state index in [0.29, 0.717) is 21.8 Å². The maximum atomic E-state index is 12.4. The smallest absolute Gasteiger partial charge is 0.341 e. The number of nitrogens with one attached hydrogen (secondary N) is 2. The second-order valence-electron chi connectivity index (χ2n) is 5.49. The van der Waals surface area contributed by atoms with E-state index < -0.39 is 18.0 Å². The molecule has 1 heterocycles. The fraction of sp³-hybridized carbons (Fsp3) is 0.222. The van der Waals surface area contributed by atoms with Crippen molar-refractivity contribution < 1.29 is 19.1 Å². The van der Waals surface area contributed by atoms with Crippen molar-refractivity contribution in [2.45, 2.75) is 26.9 Å². The second-order valence-corrected chi connectivity index (χ2v) is 6.41. The Morgan fingerprint density at radius 3 is 2.62 bits per heavy atom. The normalized spacial score (nSPS) is 11.2. The second kappa shape index (κ2) is 8.27. The molecule has 0 aliphatic rings. The summed E-state index contributed by atoms with van der Waals surface area (Å²) in [5.41, 5.74) is 1.55. The number of carbonyl (C=O) groups is 3. The molecule has 0 saturated carbocycles. The number of anilines is 2. The van der Waals surface area contributed by atoms with Gasteiger partial charge in [-0.1, -0.05) is 12.1 Å². The zero-order valence-electron chi connectivity index (χ0n) is 14.5. The third kappa shape index (κ3) is 4.46. The number of benzene rings is 1. The molecule has 0 radical (unpaired) electrons. The van der Waals surface area contributed by atoms with Crippen LogP contribution in [0.5, 0.6) is 0 Å². The van der Waals surface area contributed by atoms with E-state index in [2.05, 4.69) is 10.6 Å². The quantitative estimate of drug-likeness (QED) is 0.785. The number of ether oxygens (including phenoxy) is 1. The van der Waals surface area contributed by atoms with Gasteiger partial charge >= 0.3 is 5.97 Å². The molecular weight excluding hydrogens is 354 g/mol. The van der Waals surface area contributed by atoms with Crippen molar-refractivity contribution >= 4 is 39.8 Å². The molecule has 2 amide bonds. The van der Waals surface area contributed by atoms with Crippen LogP contribution in [-0.2, 0) is 14.3 Å². The first-order valence-electron chi connectivity index (χ1n) is 7.70. The Morgan fingerprint density at radius 1 is 1.23 bits per heavy atom. The van der Waals surface area contributed by atoms with Crippen molar-refractivity contribution in [1.82, 2.24) is 0 Å². The Kier molecular flexibility index (Phi) is 6.09. The highest BCUT2D eigenvalue weighted by Crippen LogP contribution is 2.24. The van der Waals surface area contributed by atoms with Crippen molar-refractivity contribution in [3.8, 4) is 6.07 Å². The zero-order valence-corrected chi connectivity index (χ0v) is 15.3. The predicted molar refractivity (Wildman–Crippen MR) is 98.0 cm³/mol. The van der Waals surface area contributed by atoms with Crippen molar-refractivity contribution in [3.05, 3.63) is 46.3 Å². The molecule has 0 spiro atoms. The molecule has 1 aromatic carbocycles. The van der Waals surface area contributed by atoms with Crippen molar-refractivity contribution in [2.75, 3.05) is 10.6 Å². The first-order valence-corrected chi connectivity index (χ1v) is 8.58. The monoisotopic (exact) mass is 371 g/mol. The Hall–Kier alpha value is -3.18. The van der Waals surface area contributed by atoms with E-state index in [1.165, 1.54) is 31.3 Å². The van der Waals surface area contributed by atoms with Gasteiger partial charge in [0, 0.05) is 6.92 Å². The molecule has 7 nitrogen and oxygen atoms in total. The van der Waals surface area contributed by atoms with Gasteiger partial charge in [-0.2, -0.15) is 5.26 Å². The lowest BCUT2D eigenvalue weighted by atomic mass is 10.1. The molecule has 0 saturated heterocycles. The third-order valence-corrected chi connectivity index (χ3v) is 4.30. The number of nitrogens with zero attached hydrogens (tertiary/aromatic N) is 1. The first-order chi connectivity index (χ1) is 12.3. The number of amides is 2. The fourth-order valence-corrected chi connectivity index (χ4v) is 2.91. The van der Waals surface area contributed by atoms with Crippen molar-refractivity contribution in [1.29, 1.82) is 5.26 Å².